The Morgan fingerprint density at radius 2 is 1.02 bits per heavy atom. The van der Waals surface area contributed by atoms with Gasteiger partial charge in [0.05, 0.1) is 6.10 Å². The molecule has 0 aliphatic heterocycles. The van der Waals surface area contributed by atoms with Crippen LogP contribution < -0.4 is 0 Å². The van der Waals surface area contributed by atoms with E-state index in [0.717, 1.165) is 44.9 Å². The van der Waals surface area contributed by atoms with Crippen molar-refractivity contribution in [2.45, 2.75) is 167 Å². The molecule has 6 heteroatoms. The molecular weight excluding hydrogens is 600 g/mol. The lowest BCUT2D eigenvalue weighted by Crippen LogP contribution is -2.25. The molecule has 6 nitrogen and oxygen atoms in total. The quantitative estimate of drug-likeness (QED) is 0.0312. The Morgan fingerprint density at radius 1 is 0.542 bits per heavy atom. The lowest BCUT2D eigenvalue weighted by Gasteiger charge is -2.12. The first-order valence-electron chi connectivity index (χ1n) is 19.1. The first-order chi connectivity index (χ1) is 23.5. The van der Waals surface area contributed by atoms with Crippen LogP contribution >= 0.6 is 0 Å². The molecular formula is C42H70O6. The Balaban J connectivity index is 3.64. The van der Waals surface area contributed by atoms with Crippen LogP contribution in [0.15, 0.2) is 72.9 Å². The largest absolute Gasteiger partial charge is 0.463 e. The molecule has 0 amide bonds. The van der Waals surface area contributed by atoms with E-state index in [0.29, 0.717) is 19.3 Å². The fourth-order valence-corrected chi connectivity index (χ4v) is 4.90. The van der Waals surface area contributed by atoms with Gasteiger partial charge in [-0.25, -0.2) is 0 Å². The number of hydrogen-bond acceptors (Lipinski definition) is 6. The molecule has 2 N–H and O–H groups in total. The predicted molar refractivity (Wildman–Crippen MR) is 202 cm³/mol. The topological polar surface area (TPSA) is 93.1 Å². The van der Waals surface area contributed by atoms with Crippen LogP contribution in [-0.2, 0) is 19.1 Å². The van der Waals surface area contributed by atoms with Crippen molar-refractivity contribution in [2.24, 2.45) is 0 Å². The molecule has 0 bridgehead atoms. The van der Waals surface area contributed by atoms with Gasteiger partial charge in [-0.3, -0.25) is 9.59 Å². The number of carbonyl (C=O) groups excluding carboxylic acids is 2. The van der Waals surface area contributed by atoms with Gasteiger partial charge in [0.2, 0.25) is 0 Å². The van der Waals surface area contributed by atoms with Gasteiger partial charge < -0.3 is 19.7 Å². The van der Waals surface area contributed by atoms with Crippen molar-refractivity contribution in [3.8, 4) is 0 Å². The fraction of sp³-hybridized carbons (Fsp3) is 0.667. The third-order valence-electron chi connectivity index (χ3n) is 7.80. The van der Waals surface area contributed by atoms with E-state index in [1.807, 2.05) is 30.4 Å². The predicted octanol–water partition coefficient (Wildman–Crippen LogP) is 10.8. The molecule has 0 aliphatic rings. The van der Waals surface area contributed by atoms with Gasteiger partial charge in [-0.05, 0) is 44.9 Å². The summed E-state index contributed by atoms with van der Waals surface area (Å²) >= 11 is 0. The number of aliphatic hydroxyl groups excluding tert-OH is 2. The Morgan fingerprint density at radius 3 is 1.56 bits per heavy atom. The van der Waals surface area contributed by atoms with Crippen LogP contribution in [-0.4, -0.2) is 47.6 Å². The number of unbranched alkanes of at least 4 members (excludes halogenated alkanes) is 13. The van der Waals surface area contributed by atoms with Crippen molar-refractivity contribution >= 4 is 11.9 Å². The highest BCUT2D eigenvalue weighted by molar-refractivity contribution is 5.70. The molecule has 0 aliphatic carbocycles. The van der Waals surface area contributed by atoms with Crippen molar-refractivity contribution in [1.82, 2.24) is 0 Å². The number of ether oxygens (including phenoxy) is 2. The summed E-state index contributed by atoms with van der Waals surface area (Å²) in [6.45, 7) is 4.02. The van der Waals surface area contributed by atoms with Gasteiger partial charge in [0.1, 0.15) is 19.3 Å². The second kappa shape index (κ2) is 37.1. The number of esters is 2. The zero-order chi connectivity index (χ0) is 35.2. The van der Waals surface area contributed by atoms with Gasteiger partial charge in [0.25, 0.3) is 0 Å². The molecule has 0 fully saturated rings. The molecule has 0 rings (SSSR count). The Labute approximate surface area is 294 Å². The summed E-state index contributed by atoms with van der Waals surface area (Å²) in [5, 5.41) is 19.8. The zero-order valence-electron chi connectivity index (χ0n) is 30.6. The van der Waals surface area contributed by atoms with E-state index in [2.05, 4.69) is 50.3 Å². The van der Waals surface area contributed by atoms with Gasteiger partial charge >= 0.3 is 11.9 Å². The van der Waals surface area contributed by atoms with E-state index in [1.54, 1.807) is 6.08 Å². The van der Waals surface area contributed by atoms with Gasteiger partial charge in [0.15, 0.2) is 0 Å². The Kier molecular flexibility index (Phi) is 35.0. The van der Waals surface area contributed by atoms with E-state index in [1.165, 1.54) is 70.6 Å². The molecule has 48 heavy (non-hydrogen) atoms. The lowest BCUT2D eigenvalue weighted by atomic mass is 10.0. The summed E-state index contributed by atoms with van der Waals surface area (Å²) in [6.07, 6.45) is 45.8. The second-order valence-corrected chi connectivity index (χ2v) is 12.5. The van der Waals surface area contributed by atoms with E-state index in [9.17, 15) is 19.8 Å². The molecule has 0 radical (unpaired) electrons. The number of allylic oxidation sites excluding steroid dienone is 10. The summed E-state index contributed by atoms with van der Waals surface area (Å²) in [4.78, 5) is 23.9. The van der Waals surface area contributed by atoms with E-state index >= 15 is 0 Å². The minimum atomic E-state index is -1.01. The summed E-state index contributed by atoms with van der Waals surface area (Å²) in [5.74, 6) is -0.683. The monoisotopic (exact) mass is 671 g/mol. The number of aliphatic hydroxyl groups is 2. The highest BCUT2D eigenvalue weighted by Crippen LogP contribution is 2.13. The van der Waals surface area contributed by atoms with Gasteiger partial charge in [0, 0.05) is 12.8 Å². The minimum absolute atomic E-state index is 0.150. The molecule has 0 saturated heterocycles. The summed E-state index contributed by atoms with van der Waals surface area (Å²) in [5.41, 5.74) is 0. The smallest absolute Gasteiger partial charge is 0.306 e. The van der Waals surface area contributed by atoms with Crippen LogP contribution in [0, 0.1) is 0 Å². The van der Waals surface area contributed by atoms with Crippen LogP contribution in [0.1, 0.15) is 155 Å². The van der Waals surface area contributed by atoms with Crippen LogP contribution in [0.25, 0.3) is 0 Å². The summed E-state index contributed by atoms with van der Waals surface area (Å²) in [6, 6.07) is 0. The van der Waals surface area contributed by atoms with Crippen molar-refractivity contribution in [3.05, 3.63) is 72.9 Å². The van der Waals surface area contributed by atoms with Gasteiger partial charge in [-0.2, -0.15) is 0 Å². The number of hydrogen-bond donors (Lipinski definition) is 2. The maximum atomic E-state index is 11.9. The van der Waals surface area contributed by atoms with Crippen molar-refractivity contribution in [3.63, 3.8) is 0 Å². The van der Waals surface area contributed by atoms with Gasteiger partial charge in [-0.1, -0.05) is 170 Å². The third kappa shape index (κ3) is 36.1. The van der Waals surface area contributed by atoms with Crippen LogP contribution in [0.3, 0.4) is 0 Å². The molecule has 0 saturated carbocycles. The third-order valence-corrected chi connectivity index (χ3v) is 7.80. The van der Waals surface area contributed by atoms with Gasteiger partial charge in [-0.15, -0.1) is 0 Å². The highest BCUT2D eigenvalue weighted by atomic mass is 16.6. The molecule has 274 valence electrons. The first kappa shape index (κ1) is 45.3. The van der Waals surface area contributed by atoms with E-state index in [4.69, 9.17) is 9.47 Å². The van der Waals surface area contributed by atoms with E-state index in [-0.39, 0.29) is 31.6 Å². The van der Waals surface area contributed by atoms with Crippen LogP contribution in [0.5, 0.6) is 0 Å². The maximum absolute atomic E-state index is 11.9. The Hall–Kier alpha value is -2.70. The highest BCUT2D eigenvalue weighted by Gasteiger charge is 2.11. The minimum Gasteiger partial charge on any atom is -0.463 e. The first-order valence-corrected chi connectivity index (χ1v) is 19.1. The summed E-state index contributed by atoms with van der Waals surface area (Å²) in [7, 11) is 0. The molecule has 0 heterocycles. The number of rotatable bonds is 33. The molecule has 1 unspecified atom stereocenters. The van der Waals surface area contributed by atoms with Crippen molar-refractivity contribution < 1.29 is 29.3 Å². The maximum Gasteiger partial charge on any atom is 0.306 e. The molecule has 0 aromatic rings. The molecule has 0 aromatic carbocycles. The van der Waals surface area contributed by atoms with Crippen molar-refractivity contribution in [2.75, 3.05) is 13.2 Å². The average Bonchev–Trinajstić information content (AvgIpc) is 3.08. The number of carbonyl (C=O) groups is 2. The zero-order valence-corrected chi connectivity index (χ0v) is 30.6. The average molecular weight is 671 g/mol. The summed E-state index contributed by atoms with van der Waals surface area (Å²) < 4.78 is 10.2. The standard InChI is InChI=1S/C42H70O6/c1-3-5-7-8-9-10-11-12-15-18-21-24-27-31-35-41(45)47-37-40(44)38-48-42(46)36-32-28-25-22-19-16-13-14-17-20-23-26-30-34-39(43)33-29-6-4-2/h6,14,16-17,19,23,25-26,28-30,34,39-40,43-44H,3-5,7-13,15,18,20-22,24,27,31-33,35-38H2,1-2H3/b17-14-,19-16-,26-23+,28-25-,29-6-,34-30+/t39?,40-/m1/s1. The van der Waals surface area contributed by atoms with Crippen LogP contribution in [0.4, 0.5) is 0 Å². The lowest BCUT2D eigenvalue weighted by molar-refractivity contribution is -0.152. The second-order valence-electron chi connectivity index (χ2n) is 12.5. The Bertz CT molecular complexity index is 913. The molecule has 0 spiro atoms. The van der Waals surface area contributed by atoms with Crippen LogP contribution in [0.2, 0.25) is 0 Å². The molecule has 0 aromatic heterocycles. The fourth-order valence-electron chi connectivity index (χ4n) is 4.90. The molecule has 2 atom stereocenters. The van der Waals surface area contributed by atoms with E-state index < -0.39 is 12.2 Å². The SMILES string of the molecule is CC/C=C\CC(O)/C=C/C=C/C/C=C\C/C=C\C/C=C\CCC(=O)OC[C@H](O)COC(=O)CCCCCCCCCCCCCCCC. The van der Waals surface area contributed by atoms with Crippen molar-refractivity contribution in [1.29, 1.82) is 0 Å². The normalized spacial score (nSPS) is 13.7.